The number of benzene rings is 2. The number of pyridine rings is 1. The summed E-state index contributed by atoms with van der Waals surface area (Å²) in [6.45, 7) is 1.50. The van der Waals surface area contributed by atoms with Crippen LogP contribution in [-0.4, -0.2) is 45.9 Å². The lowest BCUT2D eigenvalue weighted by molar-refractivity contribution is -0.727. The number of carbonyl (C=O) groups is 3. The van der Waals surface area contributed by atoms with Crippen LogP contribution in [0, 0.1) is 5.82 Å². The fourth-order valence-corrected chi connectivity index (χ4v) is 6.55. The Labute approximate surface area is 245 Å². The zero-order chi connectivity index (χ0) is 29.5. The molecule has 6 rings (SSSR count). The fraction of sp³-hybridized carbons (Fsp3) is 0.188. The van der Waals surface area contributed by atoms with Crippen molar-refractivity contribution in [2.75, 3.05) is 14.1 Å². The molecule has 1 aliphatic rings. The van der Waals surface area contributed by atoms with Crippen LogP contribution in [-0.2, 0) is 22.0 Å². The third kappa shape index (κ3) is 4.98. The van der Waals surface area contributed by atoms with Crippen molar-refractivity contribution in [2.45, 2.75) is 24.8 Å². The van der Waals surface area contributed by atoms with Gasteiger partial charge in [-0.15, -0.1) is 11.8 Å². The standard InChI is InChI=1S/C32H28FN4O4S/c1-20(38)41-19-35-13-4-5-23(16-35)31-36-14-12-26(29(36)18-42-31)30(39)27-17-37(32(40)34(2)3)28-15-22(8-11-25(27)28)21-6-9-24(33)10-7-21/h4-17,31H,18-19H2,1-3H3/q+1. The van der Waals surface area contributed by atoms with Crippen LogP contribution >= 0.6 is 11.8 Å². The van der Waals surface area contributed by atoms with Crippen LogP contribution in [0.2, 0.25) is 0 Å². The van der Waals surface area contributed by atoms with Gasteiger partial charge in [-0.1, -0.05) is 24.3 Å². The van der Waals surface area contributed by atoms with Crippen LogP contribution in [0.1, 0.15) is 39.5 Å². The van der Waals surface area contributed by atoms with E-state index < -0.39 is 0 Å². The number of thioether (sulfide) groups is 1. The van der Waals surface area contributed by atoms with Gasteiger partial charge in [0, 0.05) is 73.0 Å². The Hall–Kier alpha value is -4.70. The second-order valence-corrected chi connectivity index (χ2v) is 11.4. The first-order valence-corrected chi connectivity index (χ1v) is 14.4. The van der Waals surface area contributed by atoms with Crippen molar-refractivity contribution >= 4 is 40.4 Å². The van der Waals surface area contributed by atoms with Crippen molar-refractivity contribution in [3.63, 3.8) is 0 Å². The van der Waals surface area contributed by atoms with Crippen LogP contribution in [0.25, 0.3) is 22.0 Å². The smallest absolute Gasteiger partial charge is 0.328 e. The van der Waals surface area contributed by atoms with Gasteiger partial charge in [0.2, 0.25) is 0 Å². The average Bonchev–Trinajstić information content (AvgIpc) is 3.69. The lowest BCUT2D eigenvalue weighted by Crippen LogP contribution is -2.35. The normalized spacial score (nSPS) is 14.1. The van der Waals surface area contributed by atoms with Crippen molar-refractivity contribution < 1.29 is 28.1 Å². The minimum absolute atomic E-state index is 0.0405. The highest BCUT2D eigenvalue weighted by atomic mass is 32.2. The molecule has 4 heterocycles. The highest BCUT2D eigenvalue weighted by Gasteiger charge is 2.31. The number of ketones is 1. The van der Waals surface area contributed by atoms with Crippen LogP contribution in [0.5, 0.6) is 0 Å². The maximum Gasteiger partial charge on any atom is 0.328 e. The average molecular weight is 584 g/mol. The lowest BCUT2D eigenvalue weighted by Gasteiger charge is -2.12. The van der Waals surface area contributed by atoms with E-state index in [0.29, 0.717) is 27.8 Å². The van der Waals surface area contributed by atoms with Crippen molar-refractivity contribution in [2.24, 2.45) is 0 Å². The molecule has 1 unspecified atom stereocenters. The summed E-state index contributed by atoms with van der Waals surface area (Å²) in [6, 6.07) is 17.2. The Morgan fingerprint density at radius 2 is 1.81 bits per heavy atom. The molecular weight excluding hydrogens is 555 g/mol. The number of ether oxygens (including phenoxy) is 1. The van der Waals surface area contributed by atoms with Crippen LogP contribution in [0.4, 0.5) is 9.18 Å². The van der Waals surface area contributed by atoms with E-state index in [1.54, 1.807) is 44.2 Å². The third-order valence-corrected chi connectivity index (χ3v) is 8.55. The summed E-state index contributed by atoms with van der Waals surface area (Å²) < 4.78 is 24.0. The Kier molecular flexibility index (Phi) is 7.16. The maximum absolute atomic E-state index is 14.1. The highest BCUT2D eigenvalue weighted by Crippen LogP contribution is 2.42. The van der Waals surface area contributed by atoms with E-state index in [1.165, 1.54) is 28.5 Å². The minimum Gasteiger partial charge on any atom is -0.405 e. The maximum atomic E-state index is 14.1. The molecule has 1 aliphatic heterocycles. The van der Waals surface area contributed by atoms with Crippen molar-refractivity contribution in [3.8, 4) is 11.1 Å². The number of aromatic nitrogens is 3. The highest BCUT2D eigenvalue weighted by molar-refractivity contribution is 7.99. The number of hydrogen-bond donors (Lipinski definition) is 0. The molecule has 8 nitrogen and oxygen atoms in total. The first-order valence-electron chi connectivity index (χ1n) is 13.3. The quantitative estimate of drug-likeness (QED) is 0.148. The number of halogens is 1. The molecule has 0 spiro atoms. The number of esters is 1. The summed E-state index contributed by atoms with van der Waals surface area (Å²) in [5.74, 6) is -0.193. The molecule has 212 valence electrons. The molecular formula is C32H28FN4O4S+. The van der Waals surface area contributed by atoms with E-state index >= 15 is 0 Å². The van der Waals surface area contributed by atoms with Gasteiger partial charge in [-0.2, -0.15) is 4.57 Å². The van der Waals surface area contributed by atoms with E-state index in [4.69, 9.17) is 4.74 Å². The van der Waals surface area contributed by atoms with Gasteiger partial charge >= 0.3 is 12.0 Å². The van der Waals surface area contributed by atoms with Gasteiger partial charge in [0.05, 0.1) is 5.52 Å². The zero-order valence-corrected chi connectivity index (χ0v) is 24.1. The number of fused-ring (bicyclic) bond motifs is 2. The van der Waals surface area contributed by atoms with Crippen molar-refractivity contribution in [1.82, 2.24) is 14.0 Å². The van der Waals surface area contributed by atoms with Gasteiger partial charge in [-0.05, 0) is 41.5 Å². The first kappa shape index (κ1) is 27.5. The molecule has 0 saturated heterocycles. The van der Waals surface area contributed by atoms with E-state index in [1.807, 2.05) is 59.6 Å². The largest absolute Gasteiger partial charge is 0.405 e. The Morgan fingerprint density at radius 3 is 2.55 bits per heavy atom. The van der Waals surface area contributed by atoms with E-state index in [9.17, 15) is 18.8 Å². The number of amides is 1. The molecule has 1 atom stereocenters. The first-order chi connectivity index (χ1) is 20.2. The predicted molar refractivity (Wildman–Crippen MR) is 158 cm³/mol. The van der Waals surface area contributed by atoms with Crippen molar-refractivity contribution in [3.05, 3.63) is 114 Å². The van der Waals surface area contributed by atoms with Gasteiger partial charge in [0.25, 0.3) is 6.73 Å². The van der Waals surface area contributed by atoms with E-state index in [0.717, 1.165) is 22.4 Å². The SMILES string of the molecule is CC(=O)OC[n+]1cccc(C2SCc3c(C(=O)c4cn(C(=O)N(C)C)c5cc(-c6ccc(F)cc6)ccc45)ccn32)c1. The number of carbonyl (C=O) groups excluding carboxylic acids is 3. The lowest BCUT2D eigenvalue weighted by atomic mass is 10.00. The van der Waals surface area contributed by atoms with Gasteiger partial charge in [0.15, 0.2) is 18.2 Å². The van der Waals surface area contributed by atoms with Gasteiger partial charge in [0.1, 0.15) is 11.2 Å². The molecule has 0 N–H and O–H groups in total. The third-order valence-electron chi connectivity index (χ3n) is 7.30. The Bertz CT molecular complexity index is 1860. The molecule has 1 amide bonds. The van der Waals surface area contributed by atoms with E-state index in [-0.39, 0.29) is 35.7 Å². The molecule has 0 saturated carbocycles. The van der Waals surface area contributed by atoms with Gasteiger partial charge < -0.3 is 14.2 Å². The summed E-state index contributed by atoms with van der Waals surface area (Å²) in [5.41, 5.74) is 5.17. The number of nitrogens with zero attached hydrogens (tertiary/aromatic N) is 4. The summed E-state index contributed by atoms with van der Waals surface area (Å²) >= 11 is 1.71. The monoisotopic (exact) mass is 583 g/mol. The second-order valence-electron chi connectivity index (χ2n) is 10.3. The van der Waals surface area contributed by atoms with Crippen molar-refractivity contribution in [1.29, 1.82) is 0 Å². The molecule has 42 heavy (non-hydrogen) atoms. The van der Waals surface area contributed by atoms with Crippen LogP contribution in [0.3, 0.4) is 0 Å². The summed E-state index contributed by atoms with van der Waals surface area (Å²) in [7, 11) is 3.33. The van der Waals surface area contributed by atoms with E-state index in [2.05, 4.69) is 4.57 Å². The minimum atomic E-state index is -0.348. The van der Waals surface area contributed by atoms with Gasteiger partial charge in [-0.25, -0.2) is 9.18 Å². The zero-order valence-electron chi connectivity index (χ0n) is 23.3. The van der Waals surface area contributed by atoms with Crippen LogP contribution < -0.4 is 4.57 Å². The summed E-state index contributed by atoms with van der Waals surface area (Å²) in [5, 5.41) is 0.624. The molecule has 0 aliphatic carbocycles. The molecule has 5 aromatic rings. The topological polar surface area (TPSA) is 77.4 Å². The van der Waals surface area contributed by atoms with Gasteiger partial charge in [-0.3, -0.25) is 14.2 Å². The molecule has 3 aromatic heterocycles. The van der Waals surface area contributed by atoms with Crippen LogP contribution in [0.15, 0.2) is 85.5 Å². The summed E-state index contributed by atoms with van der Waals surface area (Å²) in [4.78, 5) is 39.9. The molecule has 0 radical (unpaired) electrons. The number of hydrogen-bond acceptors (Lipinski definition) is 5. The molecule has 0 fully saturated rings. The Balaban J connectivity index is 1.37. The Morgan fingerprint density at radius 1 is 1.05 bits per heavy atom. The molecule has 10 heteroatoms. The summed E-state index contributed by atoms with van der Waals surface area (Å²) in [6.07, 6.45) is 7.32. The molecule has 0 bridgehead atoms. The second kappa shape index (κ2) is 10.9. The number of rotatable bonds is 6. The fourth-order valence-electron chi connectivity index (χ4n) is 5.24. The predicted octanol–water partition coefficient (Wildman–Crippen LogP) is 5.61. The molecule has 2 aromatic carbocycles.